The minimum Gasteiger partial charge on any atom is -0.131 e. The van der Waals surface area contributed by atoms with Gasteiger partial charge in [0.05, 0.1) is 8.80 Å². The zero-order valence-electron chi connectivity index (χ0n) is 5.20. The van der Waals surface area contributed by atoms with Gasteiger partial charge in [0.25, 0.3) is 0 Å². The first kappa shape index (κ1) is 6.62. The topological polar surface area (TPSA) is 0 Å². The molecule has 1 rings (SSSR count). The molecule has 1 saturated heterocycles. The van der Waals surface area contributed by atoms with Crippen LogP contribution in [0.4, 0.5) is 0 Å². The highest BCUT2D eigenvalue weighted by Gasteiger charge is 2.12. The molecule has 0 amide bonds. The van der Waals surface area contributed by atoms with Crippen LogP contribution in [0.5, 0.6) is 0 Å². The van der Waals surface area contributed by atoms with Gasteiger partial charge in [0.2, 0.25) is 0 Å². The molecule has 0 saturated carbocycles. The van der Waals surface area contributed by atoms with Crippen molar-refractivity contribution >= 4 is 20.4 Å². The van der Waals surface area contributed by atoms with E-state index in [1.807, 2.05) is 0 Å². The number of rotatable bonds is 1. The van der Waals surface area contributed by atoms with Crippen LogP contribution in [0, 0.1) is 0 Å². The van der Waals surface area contributed by atoms with Gasteiger partial charge < -0.3 is 0 Å². The van der Waals surface area contributed by atoms with Crippen LogP contribution in [-0.4, -0.2) is 14.3 Å². The maximum absolute atomic E-state index is 5.74. The first-order valence-corrected chi connectivity index (χ1v) is 6.48. The third-order valence-corrected chi connectivity index (χ3v) is 6.14. The van der Waals surface area contributed by atoms with Gasteiger partial charge in [-0.1, -0.05) is 31.4 Å². The number of hydrogen-bond acceptors (Lipinski definition) is 0. The summed E-state index contributed by atoms with van der Waals surface area (Å²) in [5.41, 5.74) is 1.03. The summed E-state index contributed by atoms with van der Waals surface area (Å²) in [5.74, 6) is 0. The van der Waals surface area contributed by atoms with Crippen molar-refractivity contribution in [3.8, 4) is 0 Å². The van der Waals surface area contributed by atoms with Crippen molar-refractivity contribution in [1.82, 2.24) is 0 Å². The summed E-state index contributed by atoms with van der Waals surface area (Å²) < 4.78 is 0. The van der Waals surface area contributed by atoms with E-state index in [1.165, 1.54) is 31.4 Å². The third kappa shape index (κ3) is 1.79. The van der Waals surface area contributed by atoms with Crippen molar-refractivity contribution in [1.29, 1.82) is 0 Å². The lowest BCUT2D eigenvalue weighted by Crippen LogP contribution is -2.17. The first-order chi connectivity index (χ1) is 3.93. The summed E-state index contributed by atoms with van der Waals surface area (Å²) in [5, 5.41) is 0. The fourth-order valence-electron chi connectivity index (χ4n) is 1.34. The molecule has 0 aromatic heterocycles. The Morgan fingerprint density at radius 3 is 2.12 bits per heavy atom. The van der Waals surface area contributed by atoms with E-state index >= 15 is 0 Å². The van der Waals surface area contributed by atoms with Crippen LogP contribution in [0.2, 0.25) is 12.1 Å². The summed E-state index contributed by atoms with van der Waals surface area (Å²) in [6.45, 7) is 0. The average molecular weight is 149 g/mol. The zero-order valence-corrected chi connectivity index (χ0v) is 7.11. The Hall–Kier alpha value is 0.507. The van der Waals surface area contributed by atoms with Gasteiger partial charge in [-0.15, -0.1) is 11.6 Å². The van der Waals surface area contributed by atoms with Gasteiger partial charge in [0.1, 0.15) is 0 Å². The second-order valence-electron chi connectivity index (χ2n) is 2.66. The summed E-state index contributed by atoms with van der Waals surface area (Å²) in [7, 11) is -0.340. The Kier molecular flexibility index (Phi) is 2.91. The maximum atomic E-state index is 5.74. The molecule has 0 aromatic carbocycles. The summed E-state index contributed by atoms with van der Waals surface area (Å²) in [6.07, 6.45) is 4.42. The van der Waals surface area contributed by atoms with Crippen molar-refractivity contribution in [3.63, 3.8) is 0 Å². The largest absolute Gasteiger partial charge is 0.131 e. The molecule has 1 fully saturated rings. The highest BCUT2D eigenvalue weighted by Crippen LogP contribution is 2.18. The predicted octanol–water partition coefficient (Wildman–Crippen LogP) is 2.18. The highest BCUT2D eigenvalue weighted by molar-refractivity contribution is 6.67. The quantitative estimate of drug-likeness (QED) is 0.395. The van der Waals surface area contributed by atoms with E-state index in [0.29, 0.717) is 0 Å². The molecular formula is C6H13ClSi. The van der Waals surface area contributed by atoms with Crippen molar-refractivity contribution < 1.29 is 0 Å². The molecule has 8 heavy (non-hydrogen) atoms. The van der Waals surface area contributed by atoms with E-state index in [2.05, 4.69) is 0 Å². The Bertz CT molecular complexity index is 59.5. The zero-order chi connectivity index (χ0) is 5.82. The van der Waals surface area contributed by atoms with Crippen LogP contribution in [0.25, 0.3) is 0 Å². The second kappa shape index (κ2) is 3.52. The first-order valence-electron chi connectivity index (χ1n) is 3.49. The Labute approximate surface area is 57.8 Å². The molecule has 0 atom stereocenters. The predicted molar refractivity (Wildman–Crippen MR) is 41.3 cm³/mol. The number of halogens is 1. The maximum Gasteiger partial charge on any atom is 0.0540 e. The van der Waals surface area contributed by atoms with Crippen molar-refractivity contribution in [2.75, 3.05) is 5.50 Å². The molecule has 0 aromatic rings. The summed E-state index contributed by atoms with van der Waals surface area (Å²) in [6, 6.07) is 3.03. The summed E-state index contributed by atoms with van der Waals surface area (Å²) >= 11 is 5.74. The molecule has 0 aliphatic carbocycles. The molecule has 0 radical (unpaired) electrons. The standard InChI is InChI=1S/C6H13ClSi/c7-6-8-4-2-1-3-5-8/h8H,1-6H2. The van der Waals surface area contributed by atoms with Gasteiger partial charge in [0.15, 0.2) is 0 Å². The van der Waals surface area contributed by atoms with E-state index in [-0.39, 0.29) is 8.80 Å². The van der Waals surface area contributed by atoms with Crippen LogP contribution >= 0.6 is 11.6 Å². The van der Waals surface area contributed by atoms with Gasteiger partial charge in [-0.2, -0.15) is 0 Å². The molecule has 48 valence electrons. The van der Waals surface area contributed by atoms with E-state index in [0.717, 1.165) is 5.50 Å². The van der Waals surface area contributed by atoms with E-state index in [4.69, 9.17) is 11.6 Å². The molecule has 0 bridgehead atoms. The number of hydrogen-bond donors (Lipinski definition) is 0. The molecule has 1 heterocycles. The molecule has 1 aliphatic rings. The molecule has 2 heteroatoms. The van der Waals surface area contributed by atoms with Crippen molar-refractivity contribution in [3.05, 3.63) is 0 Å². The Morgan fingerprint density at radius 1 is 1.12 bits per heavy atom. The van der Waals surface area contributed by atoms with Crippen LogP contribution in [0.3, 0.4) is 0 Å². The Balaban J connectivity index is 2.13. The lowest BCUT2D eigenvalue weighted by Gasteiger charge is -2.16. The average Bonchev–Trinajstić information content (AvgIpc) is 1.90. The van der Waals surface area contributed by atoms with Crippen LogP contribution in [0.15, 0.2) is 0 Å². The van der Waals surface area contributed by atoms with E-state index in [1.54, 1.807) is 0 Å². The minimum atomic E-state index is -0.340. The molecular weight excluding hydrogens is 136 g/mol. The monoisotopic (exact) mass is 148 g/mol. The summed E-state index contributed by atoms with van der Waals surface area (Å²) in [4.78, 5) is 0. The van der Waals surface area contributed by atoms with Crippen molar-refractivity contribution in [2.24, 2.45) is 0 Å². The van der Waals surface area contributed by atoms with Crippen LogP contribution in [-0.2, 0) is 0 Å². The molecule has 0 N–H and O–H groups in total. The fourth-order valence-corrected chi connectivity index (χ4v) is 4.60. The van der Waals surface area contributed by atoms with Crippen LogP contribution < -0.4 is 0 Å². The van der Waals surface area contributed by atoms with Gasteiger partial charge in [0, 0.05) is 5.50 Å². The molecule has 0 nitrogen and oxygen atoms in total. The highest BCUT2D eigenvalue weighted by atomic mass is 35.5. The SMILES string of the molecule is ClC[SiH]1CCCCC1. The molecule has 0 unspecified atom stereocenters. The lowest BCUT2D eigenvalue weighted by molar-refractivity contribution is 0.724. The lowest BCUT2D eigenvalue weighted by atomic mass is 10.3. The minimum absolute atomic E-state index is 0.340. The van der Waals surface area contributed by atoms with E-state index < -0.39 is 0 Å². The van der Waals surface area contributed by atoms with Crippen LogP contribution in [0.1, 0.15) is 19.3 Å². The van der Waals surface area contributed by atoms with Gasteiger partial charge >= 0.3 is 0 Å². The fraction of sp³-hybridized carbons (Fsp3) is 1.00. The van der Waals surface area contributed by atoms with Gasteiger partial charge in [-0.25, -0.2) is 0 Å². The molecule has 1 aliphatic heterocycles. The van der Waals surface area contributed by atoms with E-state index in [9.17, 15) is 0 Å². The normalized spacial score (nSPS) is 23.6. The van der Waals surface area contributed by atoms with Crippen molar-refractivity contribution in [2.45, 2.75) is 31.4 Å². The van der Waals surface area contributed by atoms with Gasteiger partial charge in [-0.05, 0) is 0 Å². The smallest absolute Gasteiger partial charge is 0.0540 e. The van der Waals surface area contributed by atoms with Gasteiger partial charge in [-0.3, -0.25) is 0 Å². The second-order valence-corrected chi connectivity index (χ2v) is 6.78. The third-order valence-electron chi connectivity index (χ3n) is 1.94. The Morgan fingerprint density at radius 2 is 1.75 bits per heavy atom. The molecule has 0 spiro atoms. The number of alkyl halides is 1.